The molecule has 0 aliphatic heterocycles. The number of aryl methyl sites for hydroxylation is 1. The number of rotatable bonds is 6. The molecule has 3 aromatic rings. The van der Waals surface area contributed by atoms with Crippen LogP contribution in [0.5, 0.6) is 0 Å². The van der Waals surface area contributed by atoms with Gasteiger partial charge in [-0.25, -0.2) is 13.4 Å². The highest BCUT2D eigenvalue weighted by atomic mass is 32.2. The second-order valence-electron chi connectivity index (χ2n) is 7.12. The molecular formula is C20H19F3N4O3S. The molecule has 3 rings (SSSR count). The first-order chi connectivity index (χ1) is 14.3. The first-order valence-electron chi connectivity index (χ1n) is 9.04. The van der Waals surface area contributed by atoms with Crippen molar-refractivity contribution in [1.82, 2.24) is 14.8 Å². The second-order valence-corrected chi connectivity index (χ2v) is 9.38. The first-order valence-corrected chi connectivity index (χ1v) is 11.1. The Morgan fingerprint density at radius 3 is 2.58 bits per heavy atom. The van der Waals surface area contributed by atoms with Gasteiger partial charge in [0.2, 0.25) is 0 Å². The van der Waals surface area contributed by atoms with Crippen LogP contribution in [0.2, 0.25) is 0 Å². The van der Waals surface area contributed by atoms with Crippen LogP contribution in [0.3, 0.4) is 0 Å². The lowest BCUT2D eigenvalue weighted by molar-refractivity contribution is -0.141. The fraction of sp³-hybridized carbons (Fsp3) is 0.250. The van der Waals surface area contributed by atoms with Gasteiger partial charge < -0.3 is 5.32 Å². The molecule has 0 saturated heterocycles. The highest BCUT2D eigenvalue weighted by molar-refractivity contribution is 7.90. The highest BCUT2D eigenvalue weighted by Crippen LogP contribution is 2.30. The number of benzene rings is 1. The van der Waals surface area contributed by atoms with E-state index in [9.17, 15) is 26.4 Å². The van der Waals surface area contributed by atoms with Crippen molar-refractivity contribution in [2.24, 2.45) is 0 Å². The van der Waals surface area contributed by atoms with Crippen LogP contribution in [0.4, 0.5) is 18.9 Å². The van der Waals surface area contributed by atoms with Crippen molar-refractivity contribution < 1.29 is 26.4 Å². The summed E-state index contributed by atoms with van der Waals surface area (Å²) >= 11 is 0. The maximum Gasteiger partial charge on any atom is 0.433 e. The number of nitrogens with one attached hydrogen (secondary N) is 1. The Labute approximate surface area is 176 Å². The van der Waals surface area contributed by atoms with Gasteiger partial charge in [0.05, 0.1) is 17.8 Å². The van der Waals surface area contributed by atoms with Gasteiger partial charge in [-0.1, -0.05) is 12.6 Å². The van der Waals surface area contributed by atoms with Crippen molar-refractivity contribution in [3.8, 4) is 0 Å². The Hall–Kier alpha value is -3.21. The van der Waals surface area contributed by atoms with Gasteiger partial charge >= 0.3 is 6.18 Å². The van der Waals surface area contributed by atoms with E-state index in [2.05, 4.69) is 22.0 Å². The molecule has 0 fully saturated rings. The molecule has 1 N–H and O–H groups in total. The zero-order chi connectivity index (χ0) is 23.0. The van der Waals surface area contributed by atoms with E-state index in [0.717, 1.165) is 18.4 Å². The number of carbonyl (C=O) groups is 1. The van der Waals surface area contributed by atoms with Crippen LogP contribution in [0.25, 0.3) is 16.5 Å². The molecule has 164 valence electrons. The lowest BCUT2D eigenvalue weighted by Crippen LogP contribution is -2.17. The third kappa shape index (κ3) is 5.48. The quantitative estimate of drug-likeness (QED) is 0.614. The van der Waals surface area contributed by atoms with Crippen molar-refractivity contribution in [1.29, 1.82) is 0 Å². The summed E-state index contributed by atoms with van der Waals surface area (Å²) in [6.07, 6.45) is -1.91. The number of aromatic nitrogens is 3. The van der Waals surface area contributed by atoms with Gasteiger partial charge in [0.15, 0.2) is 0 Å². The summed E-state index contributed by atoms with van der Waals surface area (Å²) in [4.78, 5) is 16.0. The van der Waals surface area contributed by atoms with E-state index in [1.165, 1.54) is 10.7 Å². The van der Waals surface area contributed by atoms with Crippen LogP contribution in [0.1, 0.15) is 28.7 Å². The number of pyridine rings is 1. The van der Waals surface area contributed by atoms with Crippen molar-refractivity contribution in [3.63, 3.8) is 0 Å². The molecule has 1 aromatic carbocycles. The van der Waals surface area contributed by atoms with E-state index in [-0.39, 0.29) is 18.0 Å². The molecule has 0 saturated carbocycles. The average Bonchev–Trinajstić information content (AvgIpc) is 3.06. The molecule has 0 unspecified atom stereocenters. The standard InChI is InChI=1S/C20H19F3N4O3S/c1-12(2)14-10-16-13(11-27(26-16)7-8-31(3,29)30)9-17(14)25-19(28)15-5-4-6-18(24-15)20(21,22)23/h4-6,9-11H,1,7-8H2,2-3H3,(H,25,28). The Bertz CT molecular complexity index is 1280. The van der Waals surface area contributed by atoms with E-state index in [1.807, 2.05) is 0 Å². The van der Waals surface area contributed by atoms with Crippen LogP contribution in [-0.2, 0) is 22.6 Å². The zero-order valence-corrected chi connectivity index (χ0v) is 17.5. The maximum atomic E-state index is 12.9. The number of alkyl halides is 3. The Balaban J connectivity index is 1.94. The fourth-order valence-electron chi connectivity index (χ4n) is 2.86. The summed E-state index contributed by atoms with van der Waals surface area (Å²) in [6.45, 7) is 5.73. The SMILES string of the molecule is C=C(C)c1cc2nn(CCS(C)(=O)=O)cc2cc1NC(=O)c1cccc(C(F)(F)F)n1. The summed E-state index contributed by atoms with van der Waals surface area (Å²) in [5, 5.41) is 7.54. The van der Waals surface area contributed by atoms with Gasteiger partial charge in [0, 0.05) is 29.1 Å². The molecular weight excluding hydrogens is 433 g/mol. The summed E-state index contributed by atoms with van der Waals surface area (Å²) in [7, 11) is -3.17. The number of allylic oxidation sites excluding steroid dienone is 1. The monoisotopic (exact) mass is 452 g/mol. The maximum absolute atomic E-state index is 12.9. The average molecular weight is 452 g/mol. The molecule has 2 aromatic heterocycles. The largest absolute Gasteiger partial charge is 0.433 e. The van der Waals surface area contributed by atoms with Crippen LogP contribution in [0.15, 0.2) is 43.1 Å². The van der Waals surface area contributed by atoms with Gasteiger partial charge in [-0.15, -0.1) is 0 Å². The van der Waals surface area contributed by atoms with Crippen LogP contribution < -0.4 is 5.32 Å². The van der Waals surface area contributed by atoms with Crippen LogP contribution >= 0.6 is 0 Å². The fourth-order valence-corrected chi connectivity index (χ4v) is 3.38. The molecule has 0 aliphatic carbocycles. The normalized spacial score (nSPS) is 12.2. The lowest BCUT2D eigenvalue weighted by Gasteiger charge is -2.12. The van der Waals surface area contributed by atoms with Crippen LogP contribution in [-0.4, -0.2) is 41.1 Å². The minimum atomic E-state index is -4.67. The van der Waals surface area contributed by atoms with E-state index in [0.29, 0.717) is 27.7 Å². The van der Waals surface area contributed by atoms with Crippen molar-refractivity contribution in [3.05, 3.63) is 60.1 Å². The number of hydrogen-bond acceptors (Lipinski definition) is 5. The molecule has 0 bridgehead atoms. The van der Waals surface area contributed by atoms with E-state index < -0.39 is 27.6 Å². The lowest BCUT2D eigenvalue weighted by atomic mass is 10.0. The van der Waals surface area contributed by atoms with E-state index >= 15 is 0 Å². The number of fused-ring (bicyclic) bond motifs is 1. The van der Waals surface area contributed by atoms with Gasteiger partial charge in [-0.05, 0) is 36.8 Å². The Morgan fingerprint density at radius 1 is 1.26 bits per heavy atom. The molecule has 7 nitrogen and oxygen atoms in total. The third-order valence-corrected chi connectivity index (χ3v) is 5.29. The van der Waals surface area contributed by atoms with Gasteiger partial charge in [-0.2, -0.15) is 18.3 Å². The molecule has 2 heterocycles. The molecule has 31 heavy (non-hydrogen) atoms. The van der Waals surface area contributed by atoms with Crippen molar-refractivity contribution in [2.45, 2.75) is 19.6 Å². The zero-order valence-electron chi connectivity index (χ0n) is 16.7. The van der Waals surface area contributed by atoms with Crippen molar-refractivity contribution in [2.75, 3.05) is 17.3 Å². The van der Waals surface area contributed by atoms with E-state index in [1.54, 1.807) is 25.3 Å². The van der Waals surface area contributed by atoms with Gasteiger partial charge in [0.1, 0.15) is 21.2 Å². The minimum Gasteiger partial charge on any atom is -0.320 e. The number of hydrogen-bond donors (Lipinski definition) is 1. The molecule has 0 spiro atoms. The number of anilines is 1. The summed E-state index contributed by atoms with van der Waals surface area (Å²) in [5.74, 6) is -0.892. The predicted molar refractivity (Wildman–Crippen MR) is 111 cm³/mol. The number of halogens is 3. The minimum absolute atomic E-state index is 0.0842. The van der Waals surface area contributed by atoms with E-state index in [4.69, 9.17) is 0 Å². The highest BCUT2D eigenvalue weighted by Gasteiger charge is 2.33. The second kappa shape index (κ2) is 8.14. The Kier molecular flexibility index (Phi) is 5.90. The molecule has 0 aliphatic rings. The van der Waals surface area contributed by atoms with Crippen LogP contribution in [0, 0.1) is 0 Å². The molecule has 1 amide bonds. The third-order valence-electron chi connectivity index (χ3n) is 4.36. The summed E-state index contributed by atoms with van der Waals surface area (Å²) in [6, 6.07) is 6.36. The molecule has 0 radical (unpaired) electrons. The Morgan fingerprint density at radius 2 is 1.97 bits per heavy atom. The smallest absolute Gasteiger partial charge is 0.320 e. The topological polar surface area (TPSA) is 94.0 Å². The number of amides is 1. The summed E-state index contributed by atoms with van der Waals surface area (Å²) < 4.78 is 62.9. The molecule has 11 heteroatoms. The predicted octanol–water partition coefficient (Wildman–Crippen LogP) is 3.78. The number of sulfone groups is 1. The van der Waals surface area contributed by atoms with Gasteiger partial charge in [-0.3, -0.25) is 9.48 Å². The molecule has 0 atom stereocenters. The number of carbonyl (C=O) groups excluding carboxylic acids is 1. The van der Waals surface area contributed by atoms with Gasteiger partial charge in [0.25, 0.3) is 5.91 Å². The number of nitrogens with zero attached hydrogens (tertiary/aromatic N) is 3. The van der Waals surface area contributed by atoms with Crippen molar-refractivity contribution >= 4 is 37.9 Å². The first kappa shape index (κ1) is 22.5. The summed E-state index contributed by atoms with van der Waals surface area (Å²) in [5.41, 5.74) is 0.476.